The van der Waals surface area contributed by atoms with Crippen LogP contribution in [0.15, 0.2) is 0 Å². The average molecular weight is 316 g/mol. The summed E-state index contributed by atoms with van der Waals surface area (Å²) in [7, 11) is 1.85. The lowest BCUT2D eigenvalue weighted by Crippen LogP contribution is -2.48. The van der Waals surface area contributed by atoms with E-state index in [-0.39, 0.29) is 11.7 Å². The Balaban J connectivity index is 2.47. The number of nitrogens with two attached hydrogens (primary N) is 1. The summed E-state index contributed by atoms with van der Waals surface area (Å²) in [6.07, 6.45) is 4.47. The van der Waals surface area contributed by atoms with Gasteiger partial charge in [0.1, 0.15) is 6.04 Å². The summed E-state index contributed by atoms with van der Waals surface area (Å²) < 4.78 is -0.663. The standard InChI is InChI=1S/C15H28N2O3S/c1-10-5-7-11(8-6-10)17(4)12(18)9-21-15(2,3)13(16)14(19)20/h10-11,13H,5-9,16H2,1-4H3,(H,19,20)/t10?,11?,13-/m0/s1. The third-order valence-electron chi connectivity index (χ3n) is 4.51. The first-order chi connectivity index (χ1) is 9.65. The van der Waals surface area contributed by atoms with Crippen LogP contribution in [-0.2, 0) is 9.59 Å². The number of nitrogens with zero attached hydrogens (tertiary/aromatic N) is 1. The maximum absolute atomic E-state index is 12.3. The minimum atomic E-state index is -1.03. The molecule has 3 N–H and O–H groups in total. The van der Waals surface area contributed by atoms with Gasteiger partial charge in [0, 0.05) is 17.8 Å². The molecule has 1 rings (SSSR count). The molecule has 0 unspecified atom stereocenters. The van der Waals surface area contributed by atoms with Gasteiger partial charge in [0.05, 0.1) is 5.75 Å². The summed E-state index contributed by atoms with van der Waals surface area (Å²) in [6, 6.07) is -0.651. The van der Waals surface area contributed by atoms with Crippen LogP contribution in [0.1, 0.15) is 46.5 Å². The Morgan fingerprint density at radius 1 is 1.33 bits per heavy atom. The van der Waals surface area contributed by atoms with Gasteiger partial charge >= 0.3 is 5.97 Å². The average Bonchev–Trinajstić information content (AvgIpc) is 2.43. The molecule has 1 fully saturated rings. The molecule has 6 heteroatoms. The molecule has 1 aliphatic carbocycles. The van der Waals surface area contributed by atoms with Crippen LogP contribution in [-0.4, -0.2) is 51.5 Å². The molecule has 0 saturated heterocycles. The third kappa shape index (κ3) is 5.18. The number of hydrogen-bond acceptors (Lipinski definition) is 4. The van der Waals surface area contributed by atoms with Crippen LogP contribution >= 0.6 is 11.8 Å². The summed E-state index contributed by atoms with van der Waals surface area (Å²) >= 11 is 1.32. The minimum Gasteiger partial charge on any atom is -0.480 e. The molecular formula is C15H28N2O3S. The number of rotatable bonds is 6. The van der Waals surface area contributed by atoms with Crippen molar-refractivity contribution in [2.45, 2.75) is 63.3 Å². The molecule has 21 heavy (non-hydrogen) atoms. The highest BCUT2D eigenvalue weighted by atomic mass is 32.2. The van der Waals surface area contributed by atoms with Crippen molar-refractivity contribution >= 4 is 23.6 Å². The topological polar surface area (TPSA) is 83.6 Å². The van der Waals surface area contributed by atoms with Crippen molar-refractivity contribution in [3.63, 3.8) is 0 Å². The highest BCUT2D eigenvalue weighted by Gasteiger charge is 2.34. The number of carboxylic acid groups (broad SMARTS) is 1. The second kappa shape index (κ2) is 7.49. The SMILES string of the molecule is CC1CCC(N(C)C(=O)CSC(C)(C)[C@@H](N)C(=O)O)CC1. The maximum atomic E-state index is 12.3. The normalized spacial score (nSPS) is 24.4. The number of aliphatic carboxylic acids is 1. The number of amides is 1. The van der Waals surface area contributed by atoms with E-state index in [0.717, 1.165) is 18.8 Å². The highest BCUT2D eigenvalue weighted by molar-refractivity contribution is 8.01. The number of carbonyl (C=O) groups excluding carboxylic acids is 1. The van der Waals surface area contributed by atoms with Crippen molar-refractivity contribution in [1.29, 1.82) is 0 Å². The molecule has 0 aromatic rings. The minimum absolute atomic E-state index is 0.0604. The van der Waals surface area contributed by atoms with Gasteiger partial charge in [-0.25, -0.2) is 0 Å². The zero-order valence-corrected chi connectivity index (χ0v) is 14.3. The van der Waals surface area contributed by atoms with Crippen LogP contribution in [0.4, 0.5) is 0 Å². The van der Waals surface area contributed by atoms with Gasteiger partial charge in [-0.05, 0) is 45.4 Å². The molecule has 0 aromatic heterocycles. The smallest absolute Gasteiger partial charge is 0.321 e. The number of thioether (sulfide) groups is 1. The first-order valence-electron chi connectivity index (χ1n) is 7.53. The van der Waals surface area contributed by atoms with Crippen LogP contribution in [0.5, 0.6) is 0 Å². The van der Waals surface area contributed by atoms with E-state index in [1.54, 1.807) is 13.8 Å². The van der Waals surface area contributed by atoms with E-state index in [4.69, 9.17) is 10.8 Å². The van der Waals surface area contributed by atoms with Crippen LogP contribution in [0.2, 0.25) is 0 Å². The van der Waals surface area contributed by atoms with E-state index in [0.29, 0.717) is 6.04 Å². The molecule has 0 aliphatic heterocycles. The van der Waals surface area contributed by atoms with E-state index >= 15 is 0 Å². The summed E-state index contributed by atoms with van der Waals surface area (Å²) in [5, 5.41) is 8.99. The van der Waals surface area contributed by atoms with Crippen molar-refractivity contribution in [2.75, 3.05) is 12.8 Å². The van der Waals surface area contributed by atoms with Gasteiger partial charge in [0.2, 0.25) is 5.91 Å². The predicted molar refractivity (Wildman–Crippen MR) is 86.3 cm³/mol. The molecule has 5 nitrogen and oxygen atoms in total. The first-order valence-corrected chi connectivity index (χ1v) is 8.51. The fourth-order valence-electron chi connectivity index (χ4n) is 2.57. The lowest BCUT2D eigenvalue weighted by molar-refractivity contribution is -0.139. The van der Waals surface area contributed by atoms with Gasteiger partial charge < -0.3 is 15.7 Å². The summed E-state index contributed by atoms with van der Waals surface area (Å²) in [4.78, 5) is 25.1. The maximum Gasteiger partial charge on any atom is 0.321 e. The first kappa shape index (κ1) is 18.3. The summed E-state index contributed by atoms with van der Waals surface area (Å²) in [5.41, 5.74) is 5.67. The van der Waals surface area contributed by atoms with Gasteiger partial charge in [0.25, 0.3) is 0 Å². The van der Waals surface area contributed by atoms with E-state index < -0.39 is 16.8 Å². The quantitative estimate of drug-likeness (QED) is 0.782. The fourth-order valence-corrected chi connectivity index (χ4v) is 3.55. The van der Waals surface area contributed by atoms with Crippen LogP contribution in [0.25, 0.3) is 0 Å². The zero-order chi connectivity index (χ0) is 16.2. The fraction of sp³-hybridized carbons (Fsp3) is 0.867. The van der Waals surface area contributed by atoms with Gasteiger partial charge in [-0.2, -0.15) is 0 Å². The van der Waals surface area contributed by atoms with Gasteiger partial charge in [-0.1, -0.05) is 6.92 Å². The van der Waals surface area contributed by atoms with Crippen molar-refractivity contribution in [1.82, 2.24) is 4.90 Å². The van der Waals surface area contributed by atoms with Crippen LogP contribution in [0.3, 0.4) is 0 Å². The van der Waals surface area contributed by atoms with Crippen LogP contribution < -0.4 is 5.73 Å². The van der Waals surface area contributed by atoms with Gasteiger partial charge in [-0.15, -0.1) is 11.8 Å². The summed E-state index contributed by atoms with van der Waals surface area (Å²) in [5.74, 6) is 0.0581. The molecule has 0 bridgehead atoms. The Bertz CT molecular complexity index is 379. The molecule has 122 valence electrons. The van der Waals surface area contributed by atoms with Gasteiger partial charge in [0.15, 0.2) is 0 Å². The molecule has 0 spiro atoms. The molecule has 1 aliphatic rings. The van der Waals surface area contributed by atoms with Crippen molar-refractivity contribution in [3.8, 4) is 0 Å². The van der Waals surface area contributed by atoms with Gasteiger partial charge in [-0.3, -0.25) is 9.59 Å². The Morgan fingerprint density at radius 2 is 1.86 bits per heavy atom. The lowest BCUT2D eigenvalue weighted by Gasteiger charge is -2.34. The number of carbonyl (C=O) groups is 2. The Labute approximate surface area is 131 Å². The molecule has 0 radical (unpaired) electrons. The number of hydrogen-bond donors (Lipinski definition) is 2. The van der Waals surface area contributed by atoms with Crippen molar-refractivity contribution < 1.29 is 14.7 Å². The second-order valence-corrected chi connectivity index (χ2v) is 8.26. The third-order valence-corrected chi connectivity index (χ3v) is 5.90. The Morgan fingerprint density at radius 3 is 2.33 bits per heavy atom. The molecule has 0 heterocycles. The van der Waals surface area contributed by atoms with E-state index in [2.05, 4.69) is 6.92 Å². The molecule has 1 amide bonds. The van der Waals surface area contributed by atoms with Crippen LogP contribution in [0, 0.1) is 5.92 Å². The number of carboxylic acids is 1. The Hall–Kier alpha value is -0.750. The summed E-state index contributed by atoms with van der Waals surface area (Å²) in [6.45, 7) is 5.79. The monoisotopic (exact) mass is 316 g/mol. The van der Waals surface area contributed by atoms with E-state index in [1.807, 2.05) is 11.9 Å². The van der Waals surface area contributed by atoms with Crippen molar-refractivity contribution in [2.24, 2.45) is 11.7 Å². The predicted octanol–water partition coefficient (Wildman–Crippen LogP) is 1.95. The molecule has 1 saturated carbocycles. The largest absolute Gasteiger partial charge is 0.480 e. The Kier molecular flexibility index (Phi) is 6.53. The highest BCUT2D eigenvalue weighted by Crippen LogP contribution is 2.30. The lowest BCUT2D eigenvalue weighted by atomic mass is 9.87. The zero-order valence-electron chi connectivity index (χ0n) is 13.5. The molecule has 0 aromatic carbocycles. The van der Waals surface area contributed by atoms with E-state index in [1.165, 1.54) is 24.6 Å². The molecular weight excluding hydrogens is 288 g/mol. The van der Waals surface area contributed by atoms with Crippen molar-refractivity contribution in [3.05, 3.63) is 0 Å². The molecule has 1 atom stereocenters. The van der Waals surface area contributed by atoms with E-state index in [9.17, 15) is 9.59 Å². The second-order valence-electron chi connectivity index (χ2n) is 6.63.